The molecule has 0 fully saturated rings. The van der Waals surface area contributed by atoms with E-state index >= 15 is 0 Å². The molecular formula is C34H74N2O4Si2. The molecule has 0 aromatic carbocycles. The molecule has 0 saturated carbocycles. The summed E-state index contributed by atoms with van der Waals surface area (Å²) in [5.41, 5.74) is -0.654. The highest BCUT2D eigenvalue weighted by molar-refractivity contribution is 6.74. The predicted molar refractivity (Wildman–Crippen MR) is 188 cm³/mol. The highest BCUT2D eigenvalue weighted by atomic mass is 28.4. The molecule has 0 rings (SSSR count). The molecule has 0 unspecified atom stereocenters. The smallest absolute Gasteiger partial charge is 0.407 e. The number of ether oxygens (including phenoxy) is 1. The predicted octanol–water partition coefficient (Wildman–Crippen LogP) is 10.2. The van der Waals surface area contributed by atoms with Crippen LogP contribution in [-0.2, 0) is 13.6 Å². The van der Waals surface area contributed by atoms with E-state index in [2.05, 4.69) is 92.2 Å². The van der Waals surface area contributed by atoms with Gasteiger partial charge in [-0.3, -0.25) is 0 Å². The van der Waals surface area contributed by atoms with Crippen molar-refractivity contribution >= 4 is 22.7 Å². The summed E-state index contributed by atoms with van der Waals surface area (Å²) >= 11 is 0. The highest BCUT2D eigenvalue weighted by Gasteiger charge is 2.44. The Hall–Kier alpha value is -0.416. The van der Waals surface area contributed by atoms with Gasteiger partial charge in [0, 0.05) is 0 Å². The first kappa shape index (κ1) is 41.6. The van der Waals surface area contributed by atoms with E-state index in [0.29, 0.717) is 19.8 Å². The average molecular weight is 631 g/mol. The summed E-state index contributed by atoms with van der Waals surface area (Å²) in [5, 5.41) is 7.10. The second kappa shape index (κ2) is 20.6. The maximum atomic E-state index is 13.1. The number of hydrogen-bond donors (Lipinski definition) is 2. The molecule has 0 heterocycles. The maximum Gasteiger partial charge on any atom is 0.407 e. The number of hydrogen-bond acceptors (Lipinski definition) is 5. The Morgan fingerprint density at radius 2 is 1.05 bits per heavy atom. The zero-order valence-electron chi connectivity index (χ0n) is 30.4. The van der Waals surface area contributed by atoms with Crippen LogP contribution >= 0.6 is 0 Å². The van der Waals surface area contributed by atoms with E-state index in [-0.39, 0.29) is 16.2 Å². The Bertz CT molecular complexity index is 673. The third-order valence-electron chi connectivity index (χ3n) is 9.62. The molecule has 0 aliphatic carbocycles. The number of carbonyl (C=O) groups is 1. The van der Waals surface area contributed by atoms with E-state index in [9.17, 15) is 4.79 Å². The molecule has 0 atom stereocenters. The van der Waals surface area contributed by atoms with Gasteiger partial charge >= 0.3 is 6.09 Å². The summed E-state index contributed by atoms with van der Waals surface area (Å²) in [7, 11) is -4.10. The summed E-state index contributed by atoms with van der Waals surface area (Å²) in [5.74, 6) is 0. The number of carbonyl (C=O) groups excluding carboxylic acids is 1. The first-order valence-corrected chi connectivity index (χ1v) is 23.2. The van der Waals surface area contributed by atoms with Crippen LogP contribution in [-0.4, -0.2) is 61.2 Å². The van der Waals surface area contributed by atoms with E-state index in [1.807, 2.05) is 0 Å². The Kier molecular flexibility index (Phi) is 20.4. The van der Waals surface area contributed by atoms with Gasteiger partial charge in [-0.15, -0.1) is 0 Å². The van der Waals surface area contributed by atoms with Crippen LogP contribution in [0.4, 0.5) is 4.79 Å². The van der Waals surface area contributed by atoms with E-state index in [4.69, 9.17) is 13.6 Å². The first-order valence-electron chi connectivity index (χ1n) is 17.4. The third kappa shape index (κ3) is 17.8. The second-order valence-corrected chi connectivity index (χ2v) is 25.3. The fraction of sp³-hybridized carbons (Fsp3) is 0.971. The van der Waals surface area contributed by atoms with Gasteiger partial charge < -0.3 is 24.2 Å². The van der Waals surface area contributed by atoms with Gasteiger partial charge in [0.2, 0.25) is 0 Å². The van der Waals surface area contributed by atoms with Gasteiger partial charge in [0.05, 0.1) is 25.4 Å². The van der Waals surface area contributed by atoms with Crippen molar-refractivity contribution in [2.75, 3.05) is 32.9 Å². The monoisotopic (exact) mass is 631 g/mol. The molecule has 252 valence electrons. The van der Waals surface area contributed by atoms with E-state index in [0.717, 1.165) is 32.4 Å². The topological polar surface area (TPSA) is 68.8 Å². The molecule has 0 radical (unpaired) electrons. The van der Waals surface area contributed by atoms with Gasteiger partial charge in [0.25, 0.3) is 0 Å². The second-order valence-electron chi connectivity index (χ2n) is 15.7. The quantitative estimate of drug-likeness (QED) is 0.0820. The highest BCUT2D eigenvalue weighted by Crippen LogP contribution is 2.39. The molecular weight excluding hydrogens is 557 g/mol. The SMILES string of the molecule is CCCCCCCCCCCCNCCC(CO[Si](C)(C)C(C)(C)C)(CO[Si](C)(C)C(C)(C)C)NC(=O)OCCCC. The van der Waals surface area contributed by atoms with Crippen molar-refractivity contribution in [1.29, 1.82) is 0 Å². The van der Waals surface area contributed by atoms with Crippen LogP contribution in [0.2, 0.25) is 36.3 Å². The van der Waals surface area contributed by atoms with Gasteiger partial charge in [-0.05, 0) is 68.6 Å². The Labute approximate surface area is 264 Å². The third-order valence-corrected chi connectivity index (χ3v) is 18.6. The normalized spacial score (nSPS) is 13.4. The molecule has 0 aromatic rings. The van der Waals surface area contributed by atoms with Crippen LogP contribution in [0, 0.1) is 0 Å². The molecule has 8 heteroatoms. The molecule has 2 N–H and O–H groups in total. The van der Waals surface area contributed by atoms with Crippen molar-refractivity contribution in [3.8, 4) is 0 Å². The molecule has 1 amide bonds. The Morgan fingerprint density at radius 3 is 1.48 bits per heavy atom. The van der Waals surface area contributed by atoms with Crippen molar-refractivity contribution in [3.05, 3.63) is 0 Å². The fourth-order valence-electron chi connectivity index (χ4n) is 4.14. The van der Waals surface area contributed by atoms with E-state index < -0.39 is 22.2 Å². The van der Waals surface area contributed by atoms with Gasteiger partial charge in [-0.25, -0.2) is 4.79 Å². The van der Waals surface area contributed by atoms with Crippen LogP contribution in [0.5, 0.6) is 0 Å². The van der Waals surface area contributed by atoms with E-state index in [1.165, 1.54) is 64.2 Å². The number of nitrogens with one attached hydrogen (secondary N) is 2. The largest absolute Gasteiger partial charge is 0.450 e. The zero-order chi connectivity index (χ0) is 32.3. The molecule has 0 aliphatic heterocycles. The average Bonchev–Trinajstić information content (AvgIpc) is 2.88. The van der Waals surface area contributed by atoms with Crippen LogP contribution in [0.3, 0.4) is 0 Å². The summed E-state index contributed by atoms with van der Waals surface area (Å²) in [6.45, 7) is 30.1. The van der Waals surface area contributed by atoms with Crippen LogP contribution in [0.1, 0.15) is 139 Å². The molecule has 0 spiro atoms. The zero-order valence-corrected chi connectivity index (χ0v) is 32.4. The van der Waals surface area contributed by atoms with Gasteiger partial charge in [0.1, 0.15) is 0 Å². The standard InChI is InChI=1S/C34H74N2O4Si2/c1-13-15-17-18-19-20-21-22-23-24-26-35-27-25-34(36-31(37)38-28-16-14-2,29-39-41(9,10)32(3,4)5)30-40-42(11,12)33(6,7)8/h35H,13-30H2,1-12H3,(H,36,37). The molecule has 42 heavy (non-hydrogen) atoms. The van der Waals surface area contributed by atoms with E-state index in [1.54, 1.807) is 0 Å². The summed E-state index contributed by atoms with van der Waals surface area (Å²) in [6.07, 6.45) is 15.6. The number of rotatable bonds is 24. The van der Waals surface area contributed by atoms with Crippen molar-refractivity contribution in [2.24, 2.45) is 0 Å². The van der Waals surface area contributed by atoms with Gasteiger partial charge in [-0.2, -0.15) is 0 Å². The lowest BCUT2D eigenvalue weighted by atomic mass is 9.97. The fourth-order valence-corrected chi connectivity index (χ4v) is 6.28. The summed E-state index contributed by atoms with van der Waals surface area (Å²) < 4.78 is 19.2. The van der Waals surface area contributed by atoms with Crippen molar-refractivity contribution in [1.82, 2.24) is 10.6 Å². The van der Waals surface area contributed by atoms with Crippen molar-refractivity contribution in [2.45, 2.75) is 181 Å². The Morgan fingerprint density at radius 1 is 0.619 bits per heavy atom. The van der Waals surface area contributed by atoms with Gasteiger partial charge in [0.15, 0.2) is 16.6 Å². The summed E-state index contributed by atoms with van der Waals surface area (Å²) in [4.78, 5) is 13.1. The lowest BCUT2D eigenvalue weighted by Crippen LogP contribution is -2.60. The number of alkyl carbamates (subject to hydrolysis) is 1. The molecule has 0 saturated heterocycles. The van der Waals surface area contributed by atoms with Crippen LogP contribution in [0.15, 0.2) is 0 Å². The van der Waals surface area contributed by atoms with Gasteiger partial charge in [-0.1, -0.05) is 120 Å². The molecule has 0 aliphatic rings. The minimum atomic E-state index is -2.05. The molecule has 6 nitrogen and oxygen atoms in total. The van der Waals surface area contributed by atoms with Crippen molar-refractivity contribution in [3.63, 3.8) is 0 Å². The lowest BCUT2D eigenvalue weighted by molar-refractivity contribution is 0.0757. The first-order chi connectivity index (χ1) is 19.4. The van der Waals surface area contributed by atoms with Crippen LogP contribution in [0.25, 0.3) is 0 Å². The molecule has 0 aromatic heterocycles. The number of unbranched alkanes of at least 4 members (excludes halogenated alkanes) is 10. The molecule has 0 bridgehead atoms. The summed E-state index contributed by atoms with van der Waals surface area (Å²) in [6, 6.07) is 0. The minimum Gasteiger partial charge on any atom is -0.450 e. The Balaban J connectivity index is 5.35. The minimum absolute atomic E-state index is 0.0778. The maximum absolute atomic E-state index is 13.1. The van der Waals surface area contributed by atoms with Crippen molar-refractivity contribution < 1.29 is 18.4 Å². The number of amides is 1. The van der Waals surface area contributed by atoms with Crippen LogP contribution < -0.4 is 10.6 Å². The lowest BCUT2D eigenvalue weighted by Gasteiger charge is -2.44.